The van der Waals surface area contributed by atoms with E-state index >= 15 is 0 Å². The fourth-order valence-electron chi connectivity index (χ4n) is 7.17. The minimum Gasteiger partial charge on any atom is -0.435 e. The van der Waals surface area contributed by atoms with Crippen molar-refractivity contribution in [3.63, 3.8) is 0 Å². The number of rotatable bonds is 8. The molecule has 1 aromatic heterocycles. The van der Waals surface area contributed by atoms with Crippen LogP contribution in [0, 0.1) is 23.7 Å². The number of carbonyl (C=O) groups excluding carboxylic acids is 2. The van der Waals surface area contributed by atoms with Crippen molar-refractivity contribution in [1.82, 2.24) is 10.3 Å². The van der Waals surface area contributed by atoms with Crippen molar-refractivity contribution >= 4 is 40.1 Å². The fourth-order valence-corrected chi connectivity index (χ4v) is 7.34. The zero-order valence-electron chi connectivity index (χ0n) is 23.7. The van der Waals surface area contributed by atoms with Gasteiger partial charge >= 0.3 is 5.97 Å². The summed E-state index contributed by atoms with van der Waals surface area (Å²) in [6.07, 6.45) is 3.87. The maximum absolute atomic E-state index is 12.8. The molecule has 1 unspecified atom stereocenters. The Morgan fingerprint density at radius 1 is 1.10 bits per heavy atom. The Balaban J connectivity index is 0.988. The maximum atomic E-state index is 12.8. The summed E-state index contributed by atoms with van der Waals surface area (Å²) in [6.45, 7) is 7.07. The second kappa shape index (κ2) is 11.3. The molecular weight excluding hydrogens is 550 g/mol. The first-order valence-corrected chi connectivity index (χ1v) is 15.0. The minimum absolute atomic E-state index is 0.0263. The topological polar surface area (TPSA) is 117 Å². The van der Waals surface area contributed by atoms with Crippen molar-refractivity contribution < 1.29 is 33.6 Å². The molecule has 1 aliphatic carbocycles. The zero-order chi connectivity index (χ0) is 28.8. The second-order valence-electron chi connectivity index (χ2n) is 12.1. The van der Waals surface area contributed by atoms with E-state index in [4.69, 9.17) is 35.6 Å². The van der Waals surface area contributed by atoms with E-state index in [2.05, 4.69) is 22.5 Å². The predicted octanol–water partition coefficient (Wildman–Crippen LogP) is 4.95. The third-order valence-corrected chi connectivity index (χ3v) is 9.60. The van der Waals surface area contributed by atoms with Gasteiger partial charge in [0.1, 0.15) is 0 Å². The highest BCUT2D eigenvalue weighted by Crippen LogP contribution is 2.60. The maximum Gasteiger partial charge on any atom is 0.308 e. The van der Waals surface area contributed by atoms with Crippen molar-refractivity contribution in [2.75, 3.05) is 18.4 Å². The highest BCUT2D eigenvalue weighted by molar-refractivity contribution is 6.31. The quantitative estimate of drug-likeness (QED) is 0.251. The van der Waals surface area contributed by atoms with Crippen LogP contribution in [0.4, 0.5) is 5.69 Å². The number of benzene rings is 1. The van der Waals surface area contributed by atoms with Gasteiger partial charge in [0.2, 0.25) is 18.0 Å². The molecule has 10 nitrogen and oxygen atoms in total. The minimum atomic E-state index is -0.891. The van der Waals surface area contributed by atoms with Crippen molar-refractivity contribution in [2.45, 2.75) is 83.3 Å². The summed E-state index contributed by atoms with van der Waals surface area (Å²) < 4.78 is 18.4. The molecule has 4 saturated heterocycles. The number of aromatic nitrogens is 1. The molecule has 7 rings (SSSR count). The number of fused-ring (bicyclic) bond motifs is 3. The van der Waals surface area contributed by atoms with Crippen LogP contribution in [-0.4, -0.2) is 53.9 Å². The monoisotopic (exact) mass is 587 g/mol. The van der Waals surface area contributed by atoms with Crippen LogP contribution in [-0.2, 0) is 33.6 Å². The van der Waals surface area contributed by atoms with Gasteiger partial charge in [0.25, 0.3) is 0 Å². The number of nitrogens with one attached hydrogen (secondary N) is 2. The molecule has 0 radical (unpaired) electrons. The Morgan fingerprint density at radius 2 is 1.95 bits per heavy atom. The van der Waals surface area contributed by atoms with Crippen LogP contribution in [0.25, 0.3) is 10.9 Å². The average Bonchev–Trinajstić information content (AvgIpc) is 3.18. The lowest BCUT2D eigenvalue weighted by Gasteiger charge is -2.59. The van der Waals surface area contributed by atoms with E-state index in [1.54, 1.807) is 6.20 Å². The molecule has 2 N–H and O–H groups in total. The van der Waals surface area contributed by atoms with E-state index in [0.29, 0.717) is 30.5 Å². The van der Waals surface area contributed by atoms with Crippen LogP contribution in [0.1, 0.15) is 59.3 Å². The molecule has 5 heterocycles. The summed E-state index contributed by atoms with van der Waals surface area (Å²) in [6, 6.07) is 7.41. The number of amides is 1. The number of halogens is 1. The lowest BCUT2D eigenvalue weighted by atomic mass is 9.58. The molecule has 1 amide bonds. The SMILES string of the molecule is C[C@@H]1CCC2[C@@H](C)[C@H](OC(=O)CCC(=O)NCCNc3ccnc4cc(Cl)ccc34)O[C@@H]3O[C@]4(C)CC[C@@H]1[C@@]23OO4. The molecule has 2 bridgehead atoms. The predicted molar refractivity (Wildman–Crippen MR) is 150 cm³/mol. The fraction of sp³-hybridized carbons (Fsp3) is 0.633. The highest BCUT2D eigenvalue weighted by atomic mass is 35.5. The molecule has 1 saturated carbocycles. The van der Waals surface area contributed by atoms with Gasteiger partial charge in [-0.15, -0.1) is 0 Å². The summed E-state index contributed by atoms with van der Waals surface area (Å²) in [5.74, 6) is -0.947. The van der Waals surface area contributed by atoms with Gasteiger partial charge in [-0.2, -0.15) is 0 Å². The molecule has 5 fully saturated rings. The molecule has 8 atom stereocenters. The van der Waals surface area contributed by atoms with Crippen LogP contribution in [0.15, 0.2) is 30.5 Å². The highest BCUT2D eigenvalue weighted by Gasteiger charge is 2.69. The van der Waals surface area contributed by atoms with Crippen LogP contribution in [0.2, 0.25) is 5.02 Å². The Bertz CT molecular complexity index is 1310. The number of pyridine rings is 1. The summed E-state index contributed by atoms with van der Waals surface area (Å²) >= 11 is 6.06. The molecule has 41 heavy (non-hydrogen) atoms. The normalized spacial score (nSPS) is 35.8. The van der Waals surface area contributed by atoms with E-state index in [1.807, 2.05) is 38.1 Å². The molecule has 222 valence electrons. The standard InChI is InChI=1S/C30H38ClN3O7/c1-17-4-7-22-18(2)27(38-28-30(22)21(17)10-12-29(3,39-28)40-41-30)37-26(36)9-8-25(35)34-15-14-33-23-11-13-32-24-16-19(31)5-6-20(23)24/h5-6,11,13,16-18,21-22,27-28H,4,7-10,12,14-15H2,1-3H3,(H,32,33)(H,34,35)/t17-,18-,21+,22?,27-,28-,29+,30-/m1/s1. The number of ether oxygens (including phenoxy) is 3. The van der Waals surface area contributed by atoms with Gasteiger partial charge in [-0.05, 0) is 62.3 Å². The summed E-state index contributed by atoms with van der Waals surface area (Å²) in [7, 11) is 0. The summed E-state index contributed by atoms with van der Waals surface area (Å²) in [5.41, 5.74) is 0.991. The second-order valence-corrected chi connectivity index (χ2v) is 12.5. The lowest BCUT2D eigenvalue weighted by Crippen LogP contribution is -2.70. The Morgan fingerprint density at radius 3 is 2.80 bits per heavy atom. The molecule has 1 aromatic carbocycles. The first-order valence-electron chi connectivity index (χ1n) is 14.6. The van der Waals surface area contributed by atoms with Crippen LogP contribution >= 0.6 is 11.6 Å². The van der Waals surface area contributed by atoms with E-state index in [9.17, 15) is 9.59 Å². The molecule has 5 aliphatic rings. The smallest absolute Gasteiger partial charge is 0.308 e. The molecule has 11 heteroatoms. The Labute approximate surface area is 244 Å². The lowest BCUT2D eigenvalue weighted by molar-refractivity contribution is -0.576. The van der Waals surface area contributed by atoms with Gasteiger partial charge in [0.15, 0.2) is 11.9 Å². The van der Waals surface area contributed by atoms with Gasteiger partial charge < -0.3 is 24.8 Å². The van der Waals surface area contributed by atoms with Gasteiger partial charge in [-0.3, -0.25) is 14.6 Å². The summed E-state index contributed by atoms with van der Waals surface area (Å²) in [4.78, 5) is 41.5. The van der Waals surface area contributed by atoms with Gasteiger partial charge in [-0.25, -0.2) is 9.78 Å². The van der Waals surface area contributed by atoms with Crippen molar-refractivity contribution in [1.29, 1.82) is 0 Å². The van der Waals surface area contributed by atoms with E-state index in [1.165, 1.54) is 0 Å². The number of hydrogen-bond donors (Lipinski definition) is 2. The van der Waals surface area contributed by atoms with E-state index < -0.39 is 29.9 Å². The zero-order valence-corrected chi connectivity index (χ0v) is 24.4. The number of esters is 1. The number of nitrogens with zero attached hydrogens (tertiary/aromatic N) is 1. The van der Waals surface area contributed by atoms with Gasteiger partial charge in [-0.1, -0.05) is 25.4 Å². The third-order valence-electron chi connectivity index (χ3n) is 9.37. The van der Waals surface area contributed by atoms with Crippen molar-refractivity contribution in [2.24, 2.45) is 23.7 Å². The van der Waals surface area contributed by atoms with Gasteiger partial charge in [0.05, 0.1) is 11.9 Å². The van der Waals surface area contributed by atoms with E-state index in [0.717, 1.165) is 35.9 Å². The number of hydrogen-bond acceptors (Lipinski definition) is 9. The first kappa shape index (κ1) is 28.6. The Hall–Kier alpha value is -2.50. The van der Waals surface area contributed by atoms with Crippen LogP contribution < -0.4 is 10.6 Å². The van der Waals surface area contributed by atoms with Crippen LogP contribution in [0.5, 0.6) is 0 Å². The van der Waals surface area contributed by atoms with E-state index in [-0.39, 0.29) is 36.5 Å². The van der Waals surface area contributed by atoms with Gasteiger partial charge in [0, 0.05) is 60.1 Å². The summed E-state index contributed by atoms with van der Waals surface area (Å²) in [5, 5.41) is 7.73. The largest absolute Gasteiger partial charge is 0.435 e. The van der Waals surface area contributed by atoms with Crippen LogP contribution in [0.3, 0.4) is 0 Å². The third kappa shape index (κ3) is 5.41. The first-order chi connectivity index (χ1) is 19.7. The molecule has 2 aromatic rings. The molecule has 1 spiro atoms. The number of anilines is 1. The molecular formula is C30H38ClN3O7. The van der Waals surface area contributed by atoms with Crippen molar-refractivity contribution in [3.05, 3.63) is 35.5 Å². The molecule has 4 aliphatic heterocycles. The Kier molecular flexibility index (Phi) is 7.88. The average molecular weight is 588 g/mol. The van der Waals surface area contributed by atoms with Crippen molar-refractivity contribution in [3.8, 4) is 0 Å². The number of carbonyl (C=O) groups is 2.